The van der Waals surface area contributed by atoms with Crippen LogP contribution in [0.3, 0.4) is 0 Å². The normalized spacial score (nSPS) is 11.1. The van der Waals surface area contributed by atoms with E-state index < -0.39 is 0 Å². The standard InChI is InChI=1S/C25H21Cl2N3O/c1-30(2)15-16-7-9-20(23(27)13-16)25(31)29-18-8-10-22(26)21(14-18)24-19-6-4-3-5-17(19)11-12-28-24/h3-14H,15H2,1-2H3,(H,29,31). The van der Waals surface area contributed by atoms with E-state index in [1.54, 1.807) is 24.4 Å². The zero-order valence-corrected chi connectivity index (χ0v) is 18.7. The third kappa shape index (κ3) is 4.72. The summed E-state index contributed by atoms with van der Waals surface area (Å²) in [6, 6.07) is 20.8. The lowest BCUT2D eigenvalue weighted by Gasteiger charge is -2.13. The minimum Gasteiger partial charge on any atom is -0.322 e. The Kier molecular flexibility index (Phi) is 6.23. The number of pyridine rings is 1. The first-order valence-corrected chi connectivity index (χ1v) is 10.6. The van der Waals surface area contributed by atoms with Crippen molar-refractivity contribution in [3.63, 3.8) is 0 Å². The summed E-state index contributed by atoms with van der Waals surface area (Å²) < 4.78 is 0. The second-order valence-electron chi connectivity index (χ2n) is 7.58. The van der Waals surface area contributed by atoms with Gasteiger partial charge in [-0.05, 0) is 61.4 Å². The molecule has 4 nitrogen and oxygen atoms in total. The number of benzene rings is 3. The van der Waals surface area contributed by atoms with Gasteiger partial charge in [-0.3, -0.25) is 9.78 Å². The molecule has 1 N–H and O–H groups in total. The van der Waals surface area contributed by atoms with E-state index >= 15 is 0 Å². The van der Waals surface area contributed by atoms with Gasteiger partial charge in [-0.25, -0.2) is 0 Å². The molecule has 0 saturated carbocycles. The van der Waals surface area contributed by atoms with Crippen molar-refractivity contribution in [1.29, 1.82) is 0 Å². The third-order valence-electron chi connectivity index (χ3n) is 4.93. The molecule has 1 heterocycles. The van der Waals surface area contributed by atoms with E-state index in [-0.39, 0.29) is 5.91 Å². The van der Waals surface area contributed by atoms with E-state index in [9.17, 15) is 4.79 Å². The molecule has 1 amide bonds. The van der Waals surface area contributed by atoms with Crippen LogP contribution in [0.25, 0.3) is 22.0 Å². The van der Waals surface area contributed by atoms with Crippen LogP contribution in [0.4, 0.5) is 5.69 Å². The first-order valence-electron chi connectivity index (χ1n) is 9.80. The predicted molar refractivity (Wildman–Crippen MR) is 129 cm³/mol. The van der Waals surface area contributed by atoms with Gasteiger partial charge in [0.15, 0.2) is 0 Å². The average molecular weight is 450 g/mol. The third-order valence-corrected chi connectivity index (χ3v) is 5.57. The number of nitrogens with zero attached hydrogens (tertiary/aromatic N) is 2. The van der Waals surface area contributed by atoms with Crippen molar-refractivity contribution >= 4 is 45.6 Å². The Labute approximate surface area is 191 Å². The minimum atomic E-state index is -0.277. The number of hydrogen-bond acceptors (Lipinski definition) is 3. The van der Waals surface area contributed by atoms with Gasteiger partial charge in [0.1, 0.15) is 0 Å². The number of aromatic nitrogens is 1. The fourth-order valence-electron chi connectivity index (χ4n) is 3.52. The van der Waals surface area contributed by atoms with Crippen LogP contribution in [0.2, 0.25) is 10.0 Å². The van der Waals surface area contributed by atoms with E-state index in [0.717, 1.165) is 34.1 Å². The number of hydrogen-bond donors (Lipinski definition) is 1. The first-order chi connectivity index (χ1) is 14.9. The monoisotopic (exact) mass is 449 g/mol. The van der Waals surface area contributed by atoms with Crippen LogP contribution in [0.1, 0.15) is 15.9 Å². The van der Waals surface area contributed by atoms with Crippen LogP contribution in [0, 0.1) is 0 Å². The van der Waals surface area contributed by atoms with Crippen molar-refractivity contribution in [3.8, 4) is 11.3 Å². The van der Waals surface area contributed by atoms with E-state index in [2.05, 4.69) is 10.3 Å². The molecule has 0 saturated heterocycles. The molecule has 156 valence electrons. The van der Waals surface area contributed by atoms with Gasteiger partial charge in [0.2, 0.25) is 0 Å². The molecule has 3 aromatic carbocycles. The highest BCUT2D eigenvalue weighted by Crippen LogP contribution is 2.34. The molecule has 1 aromatic heterocycles. The van der Waals surface area contributed by atoms with Gasteiger partial charge >= 0.3 is 0 Å². The number of carbonyl (C=O) groups excluding carboxylic acids is 1. The number of nitrogens with one attached hydrogen (secondary N) is 1. The van der Waals surface area contributed by atoms with Crippen LogP contribution < -0.4 is 5.32 Å². The molecule has 0 atom stereocenters. The Balaban J connectivity index is 1.64. The summed E-state index contributed by atoms with van der Waals surface area (Å²) in [5.74, 6) is -0.277. The minimum absolute atomic E-state index is 0.277. The lowest BCUT2D eigenvalue weighted by atomic mass is 10.0. The maximum Gasteiger partial charge on any atom is 0.257 e. The van der Waals surface area contributed by atoms with Gasteiger partial charge < -0.3 is 10.2 Å². The van der Waals surface area contributed by atoms with E-state index in [1.807, 2.05) is 67.5 Å². The highest BCUT2D eigenvalue weighted by molar-refractivity contribution is 6.35. The SMILES string of the molecule is CN(C)Cc1ccc(C(=O)Nc2ccc(Cl)c(-c3nccc4ccccc34)c2)c(Cl)c1. The summed E-state index contributed by atoms with van der Waals surface area (Å²) in [4.78, 5) is 19.4. The molecule has 0 radical (unpaired) electrons. The number of anilines is 1. The van der Waals surface area contributed by atoms with Crippen LogP contribution in [-0.2, 0) is 6.54 Å². The number of amides is 1. The Morgan fingerprint density at radius 1 is 0.968 bits per heavy atom. The van der Waals surface area contributed by atoms with Gasteiger partial charge in [-0.15, -0.1) is 0 Å². The van der Waals surface area contributed by atoms with E-state index in [4.69, 9.17) is 23.2 Å². The molecule has 0 aliphatic heterocycles. The van der Waals surface area contributed by atoms with Gasteiger partial charge in [0.05, 0.1) is 21.3 Å². The zero-order chi connectivity index (χ0) is 22.0. The summed E-state index contributed by atoms with van der Waals surface area (Å²) >= 11 is 12.9. The Hall–Kier alpha value is -2.92. The van der Waals surface area contributed by atoms with Crippen LogP contribution in [-0.4, -0.2) is 29.9 Å². The molecule has 4 rings (SSSR count). The Bertz CT molecular complexity index is 1270. The summed E-state index contributed by atoms with van der Waals surface area (Å²) in [6.45, 7) is 0.750. The second kappa shape index (κ2) is 9.06. The van der Waals surface area contributed by atoms with Crippen LogP contribution >= 0.6 is 23.2 Å². The van der Waals surface area contributed by atoms with Gasteiger partial charge in [0.25, 0.3) is 5.91 Å². The molecule has 0 spiro atoms. The van der Waals surface area contributed by atoms with Crippen LogP contribution in [0.15, 0.2) is 72.9 Å². The van der Waals surface area contributed by atoms with Crippen molar-refractivity contribution in [1.82, 2.24) is 9.88 Å². The number of fused-ring (bicyclic) bond motifs is 1. The van der Waals surface area contributed by atoms with Crippen molar-refractivity contribution in [2.45, 2.75) is 6.54 Å². The van der Waals surface area contributed by atoms with Gasteiger partial charge in [-0.2, -0.15) is 0 Å². The molecule has 0 aliphatic rings. The smallest absolute Gasteiger partial charge is 0.257 e. The molecule has 6 heteroatoms. The second-order valence-corrected chi connectivity index (χ2v) is 8.40. The van der Waals surface area contributed by atoms with E-state index in [0.29, 0.717) is 21.3 Å². The maximum atomic E-state index is 12.9. The molecular weight excluding hydrogens is 429 g/mol. The number of carbonyl (C=O) groups is 1. The lowest BCUT2D eigenvalue weighted by Crippen LogP contribution is -2.14. The number of rotatable bonds is 5. The molecule has 31 heavy (non-hydrogen) atoms. The summed E-state index contributed by atoms with van der Waals surface area (Å²) in [6.07, 6.45) is 1.76. The molecule has 0 aliphatic carbocycles. The van der Waals surface area contributed by atoms with Crippen molar-refractivity contribution in [3.05, 3.63) is 94.1 Å². The Morgan fingerprint density at radius 2 is 1.77 bits per heavy atom. The highest BCUT2D eigenvalue weighted by Gasteiger charge is 2.14. The zero-order valence-electron chi connectivity index (χ0n) is 17.2. The van der Waals surface area contributed by atoms with Gasteiger partial charge in [0, 0.05) is 29.4 Å². The fourth-order valence-corrected chi connectivity index (χ4v) is 4.02. The number of halogens is 2. The lowest BCUT2D eigenvalue weighted by molar-refractivity contribution is 0.102. The average Bonchev–Trinajstić information content (AvgIpc) is 2.74. The summed E-state index contributed by atoms with van der Waals surface area (Å²) in [7, 11) is 3.97. The maximum absolute atomic E-state index is 12.9. The molecule has 0 unspecified atom stereocenters. The van der Waals surface area contributed by atoms with Crippen molar-refractivity contribution < 1.29 is 4.79 Å². The van der Waals surface area contributed by atoms with Crippen molar-refractivity contribution in [2.75, 3.05) is 19.4 Å². The fraction of sp³-hybridized carbons (Fsp3) is 0.120. The van der Waals surface area contributed by atoms with Crippen LogP contribution in [0.5, 0.6) is 0 Å². The highest BCUT2D eigenvalue weighted by atomic mass is 35.5. The first kappa shape index (κ1) is 21.3. The van der Waals surface area contributed by atoms with Crippen molar-refractivity contribution in [2.24, 2.45) is 0 Å². The predicted octanol–water partition coefficient (Wildman–Crippen LogP) is 6.52. The summed E-state index contributed by atoms with van der Waals surface area (Å²) in [5, 5.41) is 5.97. The Morgan fingerprint density at radius 3 is 2.55 bits per heavy atom. The van der Waals surface area contributed by atoms with E-state index in [1.165, 1.54) is 0 Å². The molecule has 0 bridgehead atoms. The quantitative estimate of drug-likeness (QED) is 0.376. The summed E-state index contributed by atoms with van der Waals surface area (Å²) in [5.41, 5.74) is 3.60. The van der Waals surface area contributed by atoms with Gasteiger partial charge in [-0.1, -0.05) is 53.5 Å². The largest absolute Gasteiger partial charge is 0.322 e. The molecular formula is C25H21Cl2N3O. The molecule has 4 aromatic rings. The topological polar surface area (TPSA) is 45.2 Å². The molecule has 0 fully saturated rings.